The van der Waals surface area contributed by atoms with Crippen molar-refractivity contribution in [2.24, 2.45) is 0 Å². The monoisotopic (exact) mass is 524 g/mol. The van der Waals surface area contributed by atoms with Gasteiger partial charge in [0.15, 0.2) is 0 Å². The van der Waals surface area contributed by atoms with Crippen LogP contribution >= 0.6 is 0 Å². The second-order valence-corrected chi connectivity index (χ2v) is 10.5. The molecule has 7 rings (SSSR count). The molecule has 0 saturated carbocycles. The highest BCUT2D eigenvalue weighted by Crippen LogP contribution is 2.47. The number of benzene rings is 4. The van der Waals surface area contributed by atoms with E-state index in [0.29, 0.717) is 17.8 Å². The Labute approximate surface area is 231 Å². The minimum Gasteiger partial charge on any atom is -0.354 e. The van der Waals surface area contributed by atoms with Crippen molar-refractivity contribution >= 4 is 22.5 Å². The van der Waals surface area contributed by atoms with Crippen molar-refractivity contribution in [3.63, 3.8) is 0 Å². The van der Waals surface area contributed by atoms with Crippen LogP contribution in [0.5, 0.6) is 0 Å². The first-order valence-electron chi connectivity index (χ1n) is 13.4. The standard InChI is InChI=1S/C34H28N4O2/c1-21-17-18-25-27(19-21)35-32(29-22(2)36-38(34(29)40)24-13-7-4-8-14-24)30(25)31-26-15-9-10-16-28(26)37(33(31)39)20-23-11-5-3-6-12-23/h3-19,31,35-36H,20H2,1-2H3. The van der Waals surface area contributed by atoms with Crippen LogP contribution < -0.4 is 10.5 Å². The molecule has 1 atom stereocenters. The van der Waals surface area contributed by atoms with Crippen molar-refractivity contribution in [2.45, 2.75) is 26.3 Å². The van der Waals surface area contributed by atoms with E-state index in [-0.39, 0.29) is 11.5 Å². The van der Waals surface area contributed by atoms with Crippen LogP contribution in [-0.2, 0) is 11.3 Å². The van der Waals surface area contributed by atoms with Crippen LogP contribution in [0.25, 0.3) is 27.8 Å². The third-order valence-corrected chi connectivity index (χ3v) is 7.85. The van der Waals surface area contributed by atoms with Crippen LogP contribution in [0.3, 0.4) is 0 Å². The summed E-state index contributed by atoms with van der Waals surface area (Å²) in [6, 6.07) is 33.8. The molecule has 0 spiro atoms. The Bertz CT molecular complexity index is 1950. The van der Waals surface area contributed by atoms with E-state index in [0.717, 1.165) is 50.2 Å². The molecule has 6 aromatic rings. The lowest BCUT2D eigenvalue weighted by molar-refractivity contribution is -0.118. The third kappa shape index (κ3) is 3.72. The first kappa shape index (κ1) is 24.0. The Morgan fingerprint density at radius 2 is 1.50 bits per heavy atom. The van der Waals surface area contributed by atoms with Gasteiger partial charge in [0.1, 0.15) is 0 Å². The van der Waals surface area contributed by atoms with Crippen molar-refractivity contribution in [1.29, 1.82) is 0 Å². The molecule has 2 aromatic heterocycles. The number of fused-ring (bicyclic) bond motifs is 2. The number of nitrogens with zero attached hydrogens (tertiary/aromatic N) is 2. The highest BCUT2D eigenvalue weighted by molar-refractivity contribution is 6.10. The molecule has 1 aliphatic rings. The summed E-state index contributed by atoms with van der Waals surface area (Å²) in [5.74, 6) is -0.547. The summed E-state index contributed by atoms with van der Waals surface area (Å²) in [6.07, 6.45) is 0. The predicted molar refractivity (Wildman–Crippen MR) is 159 cm³/mol. The number of hydrogen-bond acceptors (Lipinski definition) is 2. The summed E-state index contributed by atoms with van der Waals surface area (Å²) in [5.41, 5.74) is 8.31. The maximum absolute atomic E-state index is 14.4. The molecule has 4 aromatic carbocycles. The van der Waals surface area contributed by atoms with E-state index in [4.69, 9.17) is 0 Å². The summed E-state index contributed by atoms with van der Waals surface area (Å²) < 4.78 is 1.57. The molecule has 0 bridgehead atoms. The molecule has 1 aliphatic heterocycles. The molecule has 1 unspecified atom stereocenters. The number of hydrogen-bond donors (Lipinski definition) is 2. The van der Waals surface area contributed by atoms with Gasteiger partial charge in [0.2, 0.25) is 5.91 Å². The molecule has 196 valence electrons. The topological polar surface area (TPSA) is 73.9 Å². The van der Waals surface area contributed by atoms with Crippen molar-refractivity contribution in [2.75, 3.05) is 4.90 Å². The fourth-order valence-electron chi connectivity index (χ4n) is 6.02. The van der Waals surface area contributed by atoms with E-state index < -0.39 is 5.92 Å². The molecule has 0 saturated heterocycles. The largest absolute Gasteiger partial charge is 0.354 e. The normalized spacial score (nSPS) is 14.7. The smallest absolute Gasteiger partial charge is 0.280 e. The minimum atomic E-state index is -0.551. The Morgan fingerprint density at radius 1 is 0.800 bits per heavy atom. The summed E-state index contributed by atoms with van der Waals surface area (Å²) in [5, 5.41) is 4.21. The van der Waals surface area contributed by atoms with Gasteiger partial charge >= 0.3 is 0 Å². The molecule has 1 amide bonds. The molecule has 0 fully saturated rings. The predicted octanol–water partition coefficient (Wildman–Crippen LogP) is 6.61. The van der Waals surface area contributed by atoms with Crippen LogP contribution in [0.4, 0.5) is 5.69 Å². The summed E-state index contributed by atoms with van der Waals surface area (Å²) in [4.78, 5) is 33.8. The lowest BCUT2D eigenvalue weighted by Crippen LogP contribution is -2.28. The van der Waals surface area contributed by atoms with Gasteiger partial charge in [-0.25, -0.2) is 4.68 Å². The molecule has 40 heavy (non-hydrogen) atoms. The van der Waals surface area contributed by atoms with Crippen molar-refractivity contribution in [3.05, 3.63) is 141 Å². The lowest BCUT2D eigenvalue weighted by Gasteiger charge is -2.18. The van der Waals surface area contributed by atoms with Crippen LogP contribution in [0.1, 0.15) is 33.9 Å². The molecule has 6 nitrogen and oxygen atoms in total. The summed E-state index contributed by atoms with van der Waals surface area (Å²) in [6.45, 7) is 4.43. The Kier molecular flexibility index (Phi) is 5.56. The average molecular weight is 525 g/mol. The number of anilines is 1. The average Bonchev–Trinajstić information content (AvgIpc) is 3.57. The van der Waals surface area contributed by atoms with Gasteiger partial charge in [-0.3, -0.25) is 14.7 Å². The van der Waals surface area contributed by atoms with Crippen molar-refractivity contribution < 1.29 is 4.79 Å². The van der Waals surface area contributed by atoms with Gasteiger partial charge in [0, 0.05) is 27.8 Å². The lowest BCUT2D eigenvalue weighted by atomic mass is 9.88. The Balaban J connectivity index is 1.45. The highest BCUT2D eigenvalue weighted by atomic mass is 16.2. The van der Waals surface area contributed by atoms with Gasteiger partial charge < -0.3 is 9.88 Å². The number of H-pyrrole nitrogens is 2. The quantitative estimate of drug-likeness (QED) is 0.266. The number of para-hydroxylation sites is 2. The zero-order valence-corrected chi connectivity index (χ0v) is 22.3. The maximum atomic E-state index is 14.4. The van der Waals surface area contributed by atoms with E-state index in [1.165, 1.54) is 0 Å². The number of aromatic amines is 2. The van der Waals surface area contributed by atoms with E-state index in [1.54, 1.807) is 4.68 Å². The van der Waals surface area contributed by atoms with Gasteiger partial charge in [-0.1, -0.05) is 78.9 Å². The molecule has 6 heteroatoms. The second kappa shape index (κ2) is 9.27. The molecule has 3 heterocycles. The molecular formula is C34H28N4O2. The number of aryl methyl sites for hydroxylation is 2. The van der Waals surface area contributed by atoms with E-state index in [1.807, 2.05) is 104 Å². The first-order valence-corrected chi connectivity index (χ1v) is 13.4. The number of nitrogens with one attached hydrogen (secondary N) is 2. The number of carbonyl (C=O) groups excluding carboxylic acids is 1. The number of rotatable bonds is 5. The third-order valence-electron chi connectivity index (χ3n) is 7.85. The van der Waals surface area contributed by atoms with E-state index in [9.17, 15) is 9.59 Å². The molecular weight excluding hydrogens is 496 g/mol. The van der Waals surface area contributed by atoms with Gasteiger partial charge in [0.25, 0.3) is 5.56 Å². The van der Waals surface area contributed by atoms with Gasteiger partial charge in [-0.05, 0) is 54.8 Å². The van der Waals surface area contributed by atoms with E-state index >= 15 is 0 Å². The van der Waals surface area contributed by atoms with Gasteiger partial charge in [-0.15, -0.1) is 0 Å². The van der Waals surface area contributed by atoms with Crippen LogP contribution in [-0.4, -0.2) is 20.7 Å². The summed E-state index contributed by atoms with van der Waals surface area (Å²) in [7, 11) is 0. The van der Waals surface area contributed by atoms with Gasteiger partial charge in [0.05, 0.1) is 29.4 Å². The molecule has 2 N–H and O–H groups in total. The summed E-state index contributed by atoms with van der Waals surface area (Å²) >= 11 is 0. The van der Waals surface area contributed by atoms with Crippen molar-refractivity contribution in [3.8, 4) is 16.9 Å². The fourth-order valence-corrected chi connectivity index (χ4v) is 6.02. The SMILES string of the molecule is Cc1ccc2c(C3C(=O)N(Cc4ccccc4)c4ccccc43)c(-c3c(C)[nH]n(-c4ccccc4)c3=O)[nH]c2c1. The molecule has 0 aliphatic carbocycles. The van der Waals surface area contributed by atoms with Gasteiger partial charge in [-0.2, -0.15) is 0 Å². The van der Waals surface area contributed by atoms with Crippen LogP contribution in [0, 0.1) is 13.8 Å². The number of carbonyl (C=O) groups is 1. The zero-order chi connectivity index (χ0) is 27.4. The van der Waals surface area contributed by atoms with Crippen LogP contribution in [0.15, 0.2) is 108 Å². The second-order valence-electron chi connectivity index (χ2n) is 10.5. The Hall–Kier alpha value is -5.10. The molecule has 0 radical (unpaired) electrons. The zero-order valence-electron chi connectivity index (χ0n) is 22.3. The van der Waals surface area contributed by atoms with Crippen LogP contribution in [0.2, 0.25) is 0 Å². The Morgan fingerprint density at radius 3 is 2.27 bits per heavy atom. The van der Waals surface area contributed by atoms with Crippen molar-refractivity contribution in [1.82, 2.24) is 14.8 Å². The fraction of sp³-hybridized carbons (Fsp3) is 0.118. The number of amides is 1. The first-order chi connectivity index (χ1) is 19.5. The number of aromatic nitrogens is 3. The highest BCUT2D eigenvalue weighted by Gasteiger charge is 2.41. The maximum Gasteiger partial charge on any atom is 0.280 e. The van der Waals surface area contributed by atoms with E-state index in [2.05, 4.69) is 28.3 Å². The minimum absolute atomic E-state index is 0.00403.